The molecule has 3 rings (SSSR count). The number of pyridine rings is 1. The number of likely N-dealkylation sites (tertiary alicyclic amines) is 1. The van der Waals surface area contributed by atoms with E-state index in [0.717, 1.165) is 29.4 Å². The van der Waals surface area contributed by atoms with Gasteiger partial charge in [-0.1, -0.05) is 18.2 Å². The average Bonchev–Trinajstić information content (AvgIpc) is 2.93. The van der Waals surface area contributed by atoms with Gasteiger partial charge in [0.15, 0.2) is 0 Å². The van der Waals surface area contributed by atoms with Crippen LogP contribution >= 0.6 is 0 Å². The number of nitrogens with zero attached hydrogens (tertiary/aromatic N) is 2. The topological polar surface area (TPSA) is 54.5 Å². The number of rotatable bonds is 5. The van der Waals surface area contributed by atoms with E-state index in [1.165, 1.54) is 0 Å². The summed E-state index contributed by atoms with van der Waals surface area (Å²) in [6.45, 7) is 5.50. The number of methoxy groups -OCH3 is 1. The van der Waals surface area contributed by atoms with Crippen molar-refractivity contribution in [2.24, 2.45) is 0 Å². The number of amides is 1. The molecule has 0 radical (unpaired) electrons. The molecule has 0 bridgehead atoms. The minimum atomic E-state index is -0.117. The summed E-state index contributed by atoms with van der Waals surface area (Å²) in [6, 6.07) is 10.2. The van der Waals surface area contributed by atoms with Gasteiger partial charge in [0.1, 0.15) is 0 Å². The predicted octanol–water partition coefficient (Wildman–Crippen LogP) is 2.34. The molecule has 1 aromatic heterocycles. The molecule has 1 aliphatic rings. The zero-order chi connectivity index (χ0) is 16.4. The molecule has 1 atom stereocenters. The molecule has 0 saturated carbocycles. The van der Waals surface area contributed by atoms with Crippen molar-refractivity contribution < 1.29 is 9.53 Å². The molecule has 5 nitrogen and oxygen atoms in total. The van der Waals surface area contributed by atoms with Crippen molar-refractivity contribution in [2.45, 2.75) is 38.9 Å². The number of para-hydroxylation sites is 1. The summed E-state index contributed by atoms with van der Waals surface area (Å²) >= 11 is 0. The summed E-state index contributed by atoms with van der Waals surface area (Å²) in [5.41, 5.74) is 1.89. The summed E-state index contributed by atoms with van der Waals surface area (Å²) in [5, 5.41) is 4.44. The average molecular weight is 313 g/mol. The lowest BCUT2D eigenvalue weighted by atomic mass is 10.1. The van der Waals surface area contributed by atoms with Gasteiger partial charge in [-0.15, -0.1) is 0 Å². The fourth-order valence-corrected chi connectivity index (χ4v) is 3.08. The van der Waals surface area contributed by atoms with Crippen molar-refractivity contribution in [2.75, 3.05) is 13.7 Å². The largest absolute Gasteiger partial charge is 0.481 e. The highest BCUT2D eigenvalue weighted by atomic mass is 16.5. The molecule has 0 unspecified atom stereocenters. The van der Waals surface area contributed by atoms with Crippen LogP contribution in [0.5, 0.6) is 5.88 Å². The highest BCUT2D eigenvalue weighted by molar-refractivity contribution is 5.84. The second-order valence-electron chi connectivity index (χ2n) is 6.20. The van der Waals surface area contributed by atoms with Crippen LogP contribution in [0.15, 0.2) is 30.3 Å². The SMILES string of the molecule is COc1nc2ccccc2cc1CN[C@H]1CCN(C(C)C)C1=O. The zero-order valence-electron chi connectivity index (χ0n) is 13.9. The molecule has 0 spiro atoms. The van der Waals surface area contributed by atoms with Crippen LogP contribution in [0, 0.1) is 0 Å². The highest BCUT2D eigenvalue weighted by Crippen LogP contribution is 2.23. The third-order valence-corrected chi connectivity index (χ3v) is 4.36. The van der Waals surface area contributed by atoms with E-state index in [9.17, 15) is 4.79 Å². The Balaban J connectivity index is 1.75. The predicted molar refractivity (Wildman–Crippen MR) is 90.4 cm³/mol. The Bertz CT molecular complexity index is 714. The van der Waals surface area contributed by atoms with E-state index in [2.05, 4.69) is 30.2 Å². The summed E-state index contributed by atoms with van der Waals surface area (Å²) in [5.74, 6) is 0.801. The van der Waals surface area contributed by atoms with Gasteiger partial charge in [0.2, 0.25) is 11.8 Å². The van der Waals surface area contributed by atoms with E-state index in [4.69, 9.17) is 4.74 Å². The van der Waals surface area contributed by atoms with Crippen LogP contribution in [0.4, 0.5) is 0 Å². The van der Waals surface area contributed by atoms with Gasteiger partial charge < -0.3 is 15.0 Å². The Morgan fingerprint density at radius 1 is 1.39 bits per heavy atom. The van der Waals surface area contributed by atoms with Gasteiger partial charge >= 0.3 is 0 Å². The molecular formula is C18H23N3O2. The molecule has 23 heavy (non-hydrogen) atoms. The molecule has 5 heteroatoms. The number of hydrogen-bond acceptors (Lipinski definition) is 4. The van der Waals surface area contributed by atoms with Crippen molar-refractivity contribution in [3.63, 3.8) is 0 Å². The van der Waals surface area contributed by atoms with Crippen molar-refractivity contribution >= 4 is 16.8 Å². The number of carbonyl (C=O) groups is 1. The molecule has 1 aromatic carbocycles. The number of benzene rings is 1. The summed E-state index contributed by atoms with van der Waals surface area (Å²) in [7, 11) is 1.63. The van der Waals surface area contributed by atoms with E-state index >= 15 is 0 Å². The van der Waals surface area contributed by atoms with Crippen LogP contribution in [0.3, 0.4) is 0 Å². The molecule has 1 N–H and O–H groups in total. The first kappa shape index (κ1) is 15.7. The van der Waals surface area contributed by atoms with Gasteiger partial charge in [-0.05, 0) is 32.4 Å². The maximum absolute atomic E-state index is 12.4. The van der Waals surface area contributed by atoms with E-state index in [0.29, 0.717) is 12.4 Å². The highest BCUT2D eigenvalue weighted by Gasteiger charge is 2.32. The fraction of sp³-hybridized carbons (Fsp3) is 0.444. The van der Waals surface area contributed by atoms with Gasteiger partial charge in [0.05, 0.1) is 18.7 Å². The monoisotopic (exact) mass is 313 g/mol. The number of ether oxygens (including phenoxy) is 1. The molecule has 2 aromatic rings. The van der Waals surface area contributed by atoms with E-state index in [1.807, 2.05) is 29.2 Å². The Hall–Kier alpha value is -2.14. The van der Waals surface area contributed by atoms with Crippen LogP contribution < -0.4 is 10.1 Å². The Morgan fingerprint density at radius 2 is 2.17 bits per heavy atom. The van der Waals surface area contributed by atoms with Crippen molar-refractivity contribution in [1.29, 1.82) is 0 Å². The first-order valence-electron chi connectivity index (χ1n) is 8.06. The lowest BCUT2D eigenvalue weighted by molar-refractivity contribution is -0.130. The van der Waals surface area contributed by atoms with Crippen LogP contribution in [-0.4, -0.2) is 41.5 Å². The van der Waals surface area contributed by atoms with Crippen LogP contribution in [0.2, 0.25) is 0 Å². The summed E-state index contributed by atoms with van der Waals surface area (Å²) in [6.07, 6.45) is 0.848. The number of fused-ring (bicyclic) bond motifs is 1. The van der Waals surface area contributed by atoms with Gasteiger partial charge in [-0.3, -0.25) is 4.79 Å². The van der Waals surface area contributed by atoms with Crippen LogP contribution in [-0.2, 0) is 11.3 Å². The standard InChI is InChI=1S/C18H23N3O2/c1-12(2)21-9-8-16(18(21)22)19-11-14-10-13-6-4-5-7-15(13)20-17(14)23-3/h4-7,10,12,16,19H,8-9,11H2,1-3H3/t16-/m0/s1. The number of aromatic nitrogens is 1. The maximum atomic E-state index is 12.4. The van der Waals surface area contributed by atoms with E-state index in [-0.39, 0.29) is 18.0 Å². The lowest BCUT2D eigenvalue weighted by Gasteiger charge is -2.21. The van der Waals surface area contributed by atoms with Crippen molar-refractivity contribution in [3.05, 3.63) is 35.9 Å². The minimum Gasteiger partial charge on any atom is -0.481 e. The first-order valence-corrected chi connectivity index (χ1v) is 8.06. The second-order valence-corrected chi connectivity index (χ2v) is 6.20. The quantitative estimate of drug-likeness (QED) is 0.920. The Labute approximate surface area is 136 Å². The number of nitrogens with one attached hydrogen (secondary N) is 1. The minimum absolute atomic E-state index is 0.117. The normalized spacial score (nSPS) is 18.2. The van der Waals surface area contributed by atoms with Gasteiger partial charge in [-0.2, -0.15) is 0 Å². The smallest absolute Gasteiger partial charge is 0.240 e. The Morgan fingerprint density at radius 3 is 2.87 bits per heavy atom. The van der Waals surface area contributed by atoms with Crippen LogP contribution in [0.1, 0.15) is 25.8 Å². The molecule has 1 saturated heterocycles. The first-order chi connectivity index (χ1) is 11.1. The van der Waals surface area contributed by atoms with Gasteiger partial charge in [-0.25, -0.2) is 4.98 Å². The van der Waals surface area contributed by atoms with E-state index < -0.39 is 0 Å². The van der Waals surface area contributed by atoms with E-state index in [1.54, 1.807) is 7.11 Å². The van der Waals surface area contributed by atoms with Gasteiger partial charge in [0.25, 0.3) is 0 Å². The number of hydrogen-bond donors (Lipinski definition) is 1. The fourth-order valence-electron chi connectivity index (χ4n) is 3.08. The molecule has 2 heterocycles. The number of carbonyl (C=O) groups excluding carboxylic acids is 1. The van der Waals surface area contributed by atoms with Crippen molar-refractivity contribution in [3.8, 4) is 5.88 Å². The third-order valence-electron chi connectivity index (χ3n) is 4.36. The summed E-state index contributed by atoms with van der Waals surface area (Å²) in [4.78, 5) is 18.8. The molecule has 1 fully saturated rings. The molecular weight excluding hydrogens is 290 g/mol. The molecule has 0 aliphatic carbocycles. The van der Waals surface area contributed by atoms with Crippen molar-refractivity contribution in [1.82, 2.24) is 15.2 Å². The molecule has 1 amide bonds. The summed E-state index contributed by atoms with van der Waals surface area (Å²) < 4.78 is 5.41. The molecule has 122 valence electrons. The van der Waals surface area contributed by atoms with Crippen LogP contribution in [0.25, 0.3) is 10.9 Å². The third kappa shape index (κ3) is 3.15. The Kier molecular flexibility index (Phi) is 4.48. The second kappa shape index (κ2) is 6.54. The van der Waals surface area contributed by atoms with Gasteiger partial charge in [0, 0.05) is 30.1 Å². The molecule has 1 aliphatic heterocycles. The lowest BCUT2D eigenvalue weighted by Crippen LogP contribution is -2.40. The maximum Gasteiger partial charge on any atom is 0.240 e. The zero-order valence-corrected chi connectivity index (χ0v) is 13.9.